The van der Waals surface area contributed by atoms with Gasteiger partial charge in [0.25, 0.3) is 0 Å². The Kier molecular flexibility index (Phi) is 2.04. The maximum Gasteiger partial charge on any atom is 0.140 e. The highest BCUT2D eigenvalue weighted by Crippen LogP contribution is 2.15. The first-order chi connectivity index (χ1) is 7.93. The van der Waals surface area contributed by atoms with Crippen molar-refractivity contribution < 1.29 is 0 Å². The summed E-state index contributed by atoms with van der Waals surface area (Å²) in [7, 11) is 0. The second kappa shape index (κ2) is 3.66. The Morgan fingerprint density at radius 1 is 1.12 bits per heavy atom. The van der Waals surface area contributed by atoms with Gasteiger partial charge >= 0.3 is 0 Å². The second-order valence-corrected chi connectivity index (χ2v) is 3.45. The van der Waals surface area contributed by atoms with Crippen molar-refractivity contribution in [1.29, 1.82) is 0 Å². The first-order valence-corrected chi connectivity index (χ1v) is 5.03. The fraction of sp³-hybridized carbons (Fsp3) is 0. The molecule has 3 aromatic rings. The van der Waals surface area contributed by atoms with E-state index in [1.165, 1.54) is 0 Å². The molecule has 4 heteroatoms. The lowest BCUT2D eigenvalue weighted by Crippen LogP contribution is -1.92. The minimum absolute atomic E-state index is 0.835. The van der Waals surface area contributed by atoms with Gasteiger partial charge in [-0.05, 0) is 12.1 Å². The minimum Gasteiger partial charge on any atom is -0.345 e. The highest BCUT2D eigenvalue weighted by atomic mass is 15.3. The lowest BCUT2D eigenvalue weighted by atomic mass is 10.3. The van der Waals surface area contributed by atoms with E-state index in [9.17, 15) is 0 Å². The van der Waals surface area contributed by atoms with Crippen LogP contribution in [0.3, 0.4) is 0 Å². The van der Waals surface area contributed by atoms with Gasteiger partial charge in [0.1, 0.15) is 5.82 Å². The van der Waals surface area contributed by atoms with Crippen LogP contribution < -0.4 is 0 Å². The minimum atomic E-state index is 0.835. The summed E-state index contributed by atoms with van der Waals surface area (Å²) in [6.07, 6.45) is 7.28. The molecular weight excluding hydrogens is 200 g/mol. The molecule has 78 valence electrons. The van der Waals surface area contributed by atoms with Gasteiger partial charge in [-0.25, -0.2) is 9.67 Å². The van der Waals surface area contributed by atoms with Gasteiger partial charge < -0.3 is 4.98 Å². The molecule has 3 rings (SSSR count). The Morgan fingerprint density at radius 3 is 2.75 bits per heavy atom. The highest BCUT2D eigenvalue weighted by Gasteiger charge is 2.03. The molecule has 0 aliphatic rings. The van der Waals surface area contributed by atoms with Crippen LogP contribution in [0.15, 0.2) is 55.1 Å². The van der Waals surface area contributed by atoms with Gasteiger partial charge in [0.2, 0.25) is 0 Å². The number of para-hydroxylation sites is 1. The maximum absolute atomic E-state index is 4.30. The molecule has 2 aromatic heterocycles. The molecule has 0 radical (unpaired) electrons. The van der Waals surface area contributed by atoms with Crippen LogP contribution in [0.5, 0.6) is 0 Å². The molecule has 2 heterocycles. The predicted octanol–water partition coefficient (Wildman–Crippen LogP) is 2.26. The van der Waals surface area contributed by atoms with Crippen molar-refractivity contribution in [2.45, 2.75) is 0 Å². The molecule has 0 fully saturated rings. The summed E-state index contributed by atoms with van der Waals surface area (Å²) in [5.41, 5.74) is 2.02. The molecule has 0 saturated carbocycles. The quantitative estimate of drug-likeness (QED) is 0.705. The Labute approximate surface area is 92.6 Å². The lowest BCUT2D eigenvalue weighted by molar-refractivity contribution is 0.880. The van der Waals surface area contributed by atoms with Crippen LogP contribution in [0.2, 0.25) is 0 Å². The fourth-order valence-corrected chi connectivity index (χ4v) is 1.59. The molecule has 0 bridgehead atoms. The van der Waals surface area contributed by atoms with Crippen molar-refractivity contribution in [3.05, 3.63) is 55.1 Å². The third-order valence-electron chi connectivity index (χ3n) is 2.37. The molecule has 0 aliphatic carbocycles. The van der Waals surface area contributed by atoms with E-state index in [0.717, 1.165) is 17.1 Å². The number of nitrogens with zero attached hydrogens (tertiary/aromatic N) is 3. The smallest absolute Gasteiger partial charge is 0.140 e. The number of hydrogen-bond acceptors (Lipinski definition) is 2. The Bertz CT molecular complexity index is 566. The van der Waals surface area contributed by atoms with Gasteiger partial charge in [-0.2, -0.15) is 5.10 Å². The van der Waals surface area contributed by atoms with Gasteiger partial charge in [0.15, 0.2) is 0 Å². The molecule has 0 aliphatic heterocycles. The van der Waals surface area contributed by atoms with Gasteiger partial charge in [-0.3, -0.25) is 0 Å². The predicted molar refractivity (Wildman–Crippen MR) is 61.1 cm³/mol. The van der Waals surface area contributed by atoms with Crippen molar-refractivity contribution in [3.63, 3.8) is 0 Å². The Balaban J connectivity index is 2.00. The van der Waals surface area contributed by atoms with E-state index in [1.54, 1.807) is 18.6 Å². The SMILES string of the molecule is c1ccc(-n2cc(-c3ncc[nH]3)cn2)cc1. The number of H-pyrrole nitrogens is 1. The van der Waals surface area contributed by atoms with Crippen molar-refractivity contribution in [1.82, 2.24) is 19.7 Å². The van der Waals surface area contributed by atoms with E-state index in [-0.39, 0.29) is 0 Å². The highest BCUT2D eigenvalue weighted by molar-refractivity contribution is 5.53. The molecule has 4 nitrogen and oxygen atoms in total. The third-order valence-corrected chi connectivity index (χ3v) is 2.37. The van der Waals surface area contributed by atoms with Gasteiger partial charge in [0, 0.05) is 18.6 Å². The number of hydrogen-bond donors (Lipinski definition) is 1. The van der Waals surface area contributed by atoms with Crippen LogP contribution in [0, 0.1) is 0 Å². The normalized spacial score (nSPS) is 10.5. The maximum atomic E-state index is 4.30. The van der Waals surface area contributed by atoms with Crippen LogP contribution >= 0.6 is 0 Å². The van der Waals surface area contributed by atoms with Crippen LogP contribution in [-0.2, 0) is 0 Å². The number of imidazole rings is 1. The molecule has 16 heavy (non-hydrogen) atoms. The standard InChI is InChI=1S/C12H10N4/c1-2-4-11(5-3-1)16-9-10(8-15-16)12-13-6-7-14-12/h1-9H,(H,13,14). The topological polar surface area (TPSA) is 46.5 Å². The molecule has 0 saturated heterocycles. The molecular formula is C12H10N4. The monoisotopic (exact) mass is 210 g/mol. The number of benzene rings is 1. The van der Waals surface area contributed by atoms with Crippen molar-refractivity contribution in [2.24, 2.45) is 0 Å². The van der Waals surface area contributed by atoms with E-state index in [4.69, 9.17) is 0 Å². The van der Waals surface area contributed by atoms with E-state index >= 15 is 0 Å². The zero-order chi connectivity index (χ0) is 10.8. The van der Waals surface area contributed by atoms with Crippen LogP contribution in [0.4, 0.5) is 0 Å². The van der Waals surface area contributed by atoms with E-state index in [1.807, 2.05) is 41.2 Å². The number of aromatic amines is 1. The summed E-state index contributed by atoms with van der Waals surface area (Å²) in [6, 6.07) is 9.99. The first kappa shape index (κ1) is 8.91. The summed E-state index contributed by atoms with van der Waals surface area (Å²) in [5.74, 6) is 0.835. The number of aromatic nitrogens is 4. The lowest BCUT2D eigenvalue weighted by Gasteiger charge is -1.98. The van der Waals surface area contributed by atoms with Crippen molar-refractivity contribution >= 4 is 0 Å². The summed E-state index contributed by atoms with van der Waals surface area (Å²) >= 11 is 0. The van der Waals surface area contributed by atoms with E-state index in [2.05, 4.69) is 15.1 Å². The summed E-state index contributed by atoms with van der Waals surface area (Å²) in [5, 5.41) is 4.30. The number of rotatable bonds is 2. The Hall–Kier alpha value is -2.36. The third kappa shape index (κ3) is 1.50. The molecule has 1 aromatic carbocycles. The zero-order valence-corrected chi connectivity index (χ0v) is 8.54. The molecule has 0 spiro atoms. The average Bonchev–Trinajstić information content (AvgIpc) is 3.01. The summed E-state index contributed by atoms with van der Waals surface area (Å²) in [4.78, 5) is 7.24. The van der Waals surface area contributed by atoms with Crippen molar-refractivity contribution in [3.8, 4) is 17.1 Å². The van der Waals surface area contributed by atoms with Crippen molar-refractivity contribution in [2.75, 3.05) is 0 Å². The number of nitrogens with one attached hydrogen (secondary N) is 1. The van der Waals surface area contributed by atoms with Gasteiger partial charge in [-0.1, -0.05) is 18.2 Å². The van der Waals surface area contributed by atoms with E-state index in [0.29, 0.717) is 0 Å². The van der Waals surface area contributed by atoms with Crippen LogP contribution in [0.25, 0.3) is 17.1 Å². The van der Waals surface area contributed by atoms with Gasteiger partial charge in [-0.15, -0.1) is 0 Å². The largest absolute Gasteiger partial charge is 0.345 e. The zero-order valence-electron chi connectivity index (χ0n) is 8.54. The molecule has 0 atom stereocenters. The van der Waals surface area contributed by atoms with Gasteiger partial charge in [0.05, 0.1) is 17.4 Å². The van der Waals surface area contributed by atoms with Crippen LogP contribution in [0.1, 0.15) is 0 Å². The summed E-state index contributed by atoms with van der Waals surface area (Å²) in [6.45, 7) is 0. The fourth-order valence-electron chi connectivity index (χ4n) is 1.59. The van der Waals surface area contributed by atoms with Crippen LogP contribution in [-0.4, -0.2) is 19.7 Å². The molecule has 1 N–H and O–H groups in total. The molecule has 0 amide bonds. The summed E-state index contributed by atoms with van der Waals surface area (Å²) < 4.78 is 1.83. The first-order valence-electron chi connectivity index (χ1n) is 5.03. The second-order valence-electron chi connectivity index (χ2n) is 3.45. The van der Waals surface area contributed by atoms with E-state index < -0.39 is 0 Å². The molecule has 0 unspecified atom stereocenters. The Morgan fingerprint density at radius 2 is 2.00 bits per heavy atom. The average molecular weight is 210 g/mol.